The van der Waals surface area contributed by atoms with Gasteiger partial charge in [-0.2, -0.15) is 0 Å². The molecule has 2 aliphatic rings. The van der Waals surface area contributed by atoms with Gasteiger partial charge < -0.3 is 20.1 Å². The Morgan fingerprint density at radius 3 is 2.48 bits per heavy atom. The number of piperidine rings is 1. The van der Waals surface area contributed by atoms with Crippen molar-refractivity contribution in [1.29, 1.82) is 0 Å². The number of hydrogen-bond acceptors (Lipinski definition) is 4. The van der Waals surface area contributed by atoms with Crippen LogP contribution < -0.4 is 15.4 Å². The van der Waals surface area contributed by atoms with Crippen molar-refractivity contribution in [1.82, 2.24) is 10.6 Å². The number of amides is 1. The summed E-state index contributed by atoms with van der Waals surface area (Å²) in [5.41, 5.74) is 0.706. The number of carbonyl (C=O) groups is 1. The lowest BCUT2D eigenvalue weighted by Gasteiger charge is -2.38. The molecule has 6 heteroatoms. The quantitative estimate of drug-likeness (QED) is 0.743. The van der Waals surface area contributed by atoms with Crippen LogP contribution >= 0.6 is 12.4 Å². The Labute approximate surface area is 169 Å². The van der Waals surface area contributed by atoms with E-state index in [1.165, 1.54) is 0 Å². The van der Waals surface area contributed by atoms with Gasteiger partial charge in [-0.3, -0.25) is 4.79 Å². The Balaban J connectivity index is 0.00000261. The van der Waals surface area contributed by atoms with Crippen molar-refractivity contribution >= 4 is 18.3 Å². The molecular weight excluding hydrogens is 364 g/mol. The first-order valence-corrected chi connectivity index (χ1v) is 9.77. The molecule has 1 aromatic carbocycles. The fourth-order valence-corrected chi connectivity index (χ4v) is 4.62. The first kappa shape index (κ1) is 22.0. The summed E-state index contributed by atoms with van der Waals surface area (Å²) in [4.78, 5) is 13.3. The molecule has 1 amide bonds. The van der Waals surface area contributed by atoms with Crippen molar-refractivity contribution in [3.63, 3.8) is 0 Å². The zero-order chi connectivity index (χ0) is 18.5. The van der Waals surface area contributed by atoms with E-state index in [1.54, 1.807) is 14.2 Å². The van der Waals surface area contributed by atoms with Gasteiger partial charge >= 0.3 is 0 Å². The lowest BCUT2D eigenvalue weighted by Crippen LogP contribution is -2.51. The van der Waals surface area contributed by atoms with Crippen LogP contribution in [0.4, 0.5) is 0 Å². The normalized spacial score (nSPS) is 20.5. The molecule has 1 heterocycles. The summed E-state index contributed by atoms with van der Waals surface area (Å²) in [6.45, 7) is 3.36. The number of methoxy groups -OCH3 is 2. The first-order valence-electron chi connectivity index (χ1n) is 9.77. The highest BCUT2D eigenvalue weighted by molar-refractivity contribution is 5.88. The molecule has 0 radical (unpaired) electrons. The van der Waals surface area contributed by atoms with Gasteiger partial charge in [-0.15, -0.1) is 12.4 Å². The molecule has 0 atom stereocenters. The number of rotatable bonds is 7. The Kier molecular flexibility index (Phi) is 7.95. The second kappa shape index (κ2) is 9.76. The average Bonchev–Trinajstić information content (AvgIpc) is 3.18. The van der Waals surface area contributed by atoms with Gasteiger partial charge in [-0.1, -0.05) is 25.0 Å². The molecule has 1 aliphatic carbocycles. The second-order valence-corrected chi connectivity index (χ2v) is 7.89. The molecular formula is C21H33ClN2O3. The predicted molar refractivity (Wildman–Crippen MR) is 110 cm³/mol. The number of nitrogens with one attached hydrogen (secondary N) is 2. The smallest absolute Gasteiger partial charge is 0.230 e. The number of halogens is 1. The highest BCUT2D eigenvalue weighted by atomic mass is 35.5. The van der Waals surface area contributed by atoms with E-state index in [9.17, 15) is 4.79 Å². The van der Waals surface area contributed by atoms with Crippen LogP contribution in [0.2, 0.25) is 0 Å². The second-order valence-electron chi connectivity index (χ2n) is 7.89. The van der Waals surface area contributed by atoms with Gasteiger partial charge in [0.1, 0.15) is 5.75 Å². The molecule has 0 unspecified atom stereocenters. The molecule has 2 N–H and O–H groups in total. The molecule has 1 aromatic rings. The molecule has 0 aromatic heterocycles. The third kappa shape index (κ3) is 4.76. The third-order valence-corrected chi connectivity index (χ3v) is 6.25. The summed E-state index contributed by atoms with van der Waals surface area (Å²) < 4.78 is 10.9. The number of ether oxygens (including phenoxy) is 2. The highest BCUT2D eigenvalue weighted by Crippen LogP contribution is 2.42. The summed E-state index contributed by atoms with van der Waals surface area (Å²) in [6.07, 6.45) is 6.08. The Bertz CT molecular complexity index is 606. The minimum absolute atomic E-state index is 0. The Morgan fingerprint density at radius 1 is 1.15 bits per heavy atom. The van der Waals surface area contributed by atoms with E-state index < -0.39 is 5.41 Å². The first-order chi connectivity index (χ1) is 12.6. The molecule has 1 saturated heterocycles. The van der Waals surface area contributed by atoms with E-state index in [1.807, 2.05) is 18.2 Å². The lowest BCUT2D eigenvalue weighted by atomic mass is 9.76. The highest BCUT2D eigenvalue weighted by Gasteiger charge is 2.44. The van der Waals surface area contributed by atoms with Crippen molar-refractivity contribution in [3.8, 4) is 5.75 Å². The summed E-state index contributed by atoms with van der Waals surface area (Å²) in [5, 5.41) is 6.71. The number of benzene rings is 1. The van der Waals surface area contributed by atoms with Gasteiger partial charge in [0.25, 0.3) is 0 Å². The summed E-state index contributed by atoms with van der Waals surface area (Å²) in [6, 6.07) is 8.02. The van der Waals surface area contributed by atoms with Crippen LogP contribution in [0.5, 0.6) is 5.75 Å². The largest absolute Gasteiger partial charge is 0.497 e. The number of carbonyl (C=O) groups excluding carboxylic acids is 1. The fourth-order valence-electron chi connectivity index (χ4n) is 4.62. The van der Waals surface area contributed by atoms with Crippen molar-refractivity contribution in [2.24, 2.45) is 5.41 Å². The van der Waals surface area contributed by atoms with Gasteiger partial charge in [0.2, 0.25) is 5.91 Å². The molecule has 27 heavy (non-hydrogen) atoms. The van der Waals surface area contributed by atoms with E-state index in [0.29, 0.717) is 13.2 Å². The molecule has 0 bridgehead atoms. The van der Waals surface area contributed by atoms with E-state index in [4.69, 9.17) is 9.47 Å². The van der Waals surface area contributed by atoms with Gasteiger partial charge in [0.05, 0.1) is 19.1 Å². The average molecular weight is 397 g/mol. The summed E-state index contributed by atoms with van der Waals surface area (Å²) in [5.74, 6) is 0.980. The van der Waals surface area contributed by atoms with Gasteiger partial charge in [-0.25, -0.2) is 0 Å². The zero-order valence-corrected chi connectivity index (χ0v) is 17.3. The molecule has 5 nitrogen and oxygen atoms in total. The predicted octanol–water partition coefficient (Wildman–Crippen LogP) is 3.06. The SMILES string of the molecule is COCC1(CNC(=O)C2(c3cccc(OC)c3)CCCC2)CCNCC1.Cl. The Morgan fingerprint density at radius 2 is 1.85 bits per heavy atom. The van der Waals surface area contributed by atoms with E-state index in [2.05, 4.69) is 16.7 Å². The minimum Gasteiger partial charge on any atom is -0.497 e. The van der Waals surface area contributed by atoms with Gasteiger partial charge in [0.15, 0.2) is 0 Å². The maximum absolute atomic E-state index is 13.3. The van der Waals surface area contributed by atoms with Crippen LogP contribution in [-0.4, -0.2) is 46.4 Å². The van der Waals surface area contributed by atoms with Crippen molar-refractivity contribution in [2.75, 3.05) is 40.5 Å². The monoisotopic (exact) mass is 396 g/mol. The molecule has 3 rings (SSSR count). The van der Waals surface area contributed by atoms with E-state index >= 15 is 0 Å². The van der Waals surface area contributed by atoms with E-state index in [0.717, 1.165) is 62.9 Å². The number of hydrogen-bond donors (Lipinski definition) is 2. The topological polar surface area (TPSA) is 59.6 Å². The van der Waals surface area contributed by atoms with Gasteiger partial charge in [0, 0.05) is 19.1 Å². The van der Waals surface area contributed by atoms with Crippen molar-refractivity contribution in [2.45, 2.75) is 43.9 Å². The van der Waals surface area contributed by atoms with Crippen LogP contribution in [0.1, 0.15) is 44.1 Å². The van der Waals surface area contributed by atoms with Gasteiger partial charge in [-0.05, 0) is 56.5 Å². The third-order valence-electron chi connectivity index (χ3n) is 6.25. The van der Waals surface area contributed by atoms with Crippen LogP contribution in [0.25, 0.3) is 0 Å². The van der Waals surface area contributed by atoms with Crippen LogP contribution in [0, 0.1) is 5.41 Å². The lowest BCUT2D eigenvalue weighted by molar-refractivity contribution is -0.127. The maximum Gasteiger partial charge on any atom is 0.230 e. The van der Waals surface area contributed by atoms with Crippen molar-refractivity contribution in [3.05, 3.63) is 29.8 Å². The zero-order valence-electron chi connectivity index (χ0n) is 16.5. The maximum atomic E-state index is 13.3. The fraction of sp³-hybridized carbons (Fsp3) is 0.667. The molecule has 152 valence electrons. The molecule has 1 saturated carbocycles. The molecule has 1 aliphatic heterocycles. The van der Waals surface area contributed by atoms with Crippen LogP contribution in [0.3, 0.4) is 0 Å². The summed E-state index contributed by atoms with van der Waals surface area (Å²) >= 11 is 0. The van der Waals surface area contributed by atoms with Crippen molar-refractivity contribution < 1.29 is 14.3 Å². The van der Waals surface area contributed by atoms with Crippen LogP contribution in [-0.2, 0) is 14.9 Å². The molecule has 0 spiro atoms. The minimum atomic E-state index is -0.421. The van der Waals surface area contributed by atoms with E-state index in [-0.39, 0.29) is 23.7 Å². The summed E-state index contributed by atoms with van der Waals surface area (Å²) in [7, 11) is 3.42. The van der Waals surface area contributed by atoms with Crippen LogP contribution in [0.15, 0.2) is 24.3 Å². The standard InChI is InChI=1S/C21H32N2O3.ClH/c1-25-16-20(10-12-22-13-11-20)15-23-19(24)21(8-3-4-9-21)17-6-5-7-18(14-17)26-2;/h5-7,14,22H,3-4,8-13,15-16H2,1-2H3,(H,23,24);1H. The Hall–Kier alpha value is -1.30. The molecule has 2 fully saturated rings.